The van der Waals surface area contributed by atoms with Crippen molar-refractivity contribution in [2.24, 2.45) is 0 Å². The molecule has 0 aromatic carbocycles. The number of carbonyl (C=O) groups is 1. The molecule has 5 nitrogen and oxygen atoms in total. The molecule has 1 aliphatic rings. The Bertz CT molecular complexity index is 604. The van der Waals surface area contributed by atoms with Crippen LogP contribution in [0.5, 0.6) is 0 Å². The van der Waals surface area contributed by atoms with E-state index in [1.807, 2.05) is 24.4 Å². The van der Waals surface area contributed by atoms with E-state index in [0.29, 0.717) is 19.4 Å². The smallest absolute Gasteiger partial charge is 0.220 e. The molecule has 2 aromatic heterocycles. The van der Waals surface area contributed by atoms with Crippen LogP contribution in [0.15, 0.2) is 41.1 Å². The number of aryl methyl sites for hydroxylation is 1. The second-order valence-corrected chi connectivity index (χ2v) is 5.57. The molecule has 0 radical (unpaired) electrons. The number of hydrogen-bond acceptors (Lipinski definition) is 4. The molecule has 3 heterocycles. The van der Waals surface area contributed by atoms with Gasteiger partial charge in [0.2, 0.25) is 5.91 Å². The maximum atomic E-state index is 11.9. The molecule has 1 amide bonds. The van der Waals surface area contributed by atoms with Crippen molar-refractivity contribution >= 4 is 11.7 Å². The fraction of sp³-hybridized carbons (Fsp3) is 0.412. The fourth-order valence-electron chi connectivity index (χ4n) is 2.67. The zero-order chi connectivity index (χ0) is 15.2. The first-order valence-corrected chi connectivity index (χ1v) is 7.80. The highest BCUT2D eigenvalue weighted by Gasteiger charge is 2.13. The molecule has 0 unspecified atom stereocenters. The first kappa shape index (κ1) is 14.6. The average Bonchev–Trinajstić information content (AvgIpc) is 3.24. The second-order valence-electron chi connectivity index (χ2n) is 5.57. The first-order chi connectivity index (χ1) is 10.8. The number of pyridine rings is 1. The number of hydrogen-bond donors (Lipinski definition) is 1. The largest absolute Gasteiger partial charge is 0.469 e. The lowest BCUT2D eigenvalue weighted by Gasteiger charge is -2.17. The van der Waals surface area contributed by atoms with Crippen LogP contribution >= 0.6 is 0 Å². The van der Waals surface area contributed by atoms with Crippen LogP contribution in [0, 0.1) is 0 Å². The molecule has 2 aromatic rings. The van der Waals surface area contributed by atoms with Crippen LogP contribution in [0.4, 0.5) is 5.82 Å². The van der Waals surface area contributed by atoms with Crippen molar-refractivity contribution in [1.29, 1.82) is 0 Å². The van der Waals surface area contributed by atoms with E-state index in [-0.39, 0.29) is 5.91 Å². The minimum absolute atomic E-state index is 0.0379. The third kappa shape index (κ3) is 3.87. The van der Waals surface area contributed by atoms with Gasteiger partial charge in [-0.3, -0.25) is 4.79 Å². The first-order valence-electron chi connectivity index (χ1n) is 7.80. The molecule has 1 fully saturated rings. The summed E-state index contributed by atoms with van der Waals surface area (Å²) in [5.41, 5.74) is 1.09. The van der Waals surface area contributed by atoms with Gasteiger partial charge < -0.3 is 14.6 Å². The SMILES string of the molecule is O=C(CCc1ccco1)NCc1ccnc(N2CCCC2)c1. The number of nitrogens with zero attached hydrogens (tertiary/aromatic N) is 2. The molecule has 0 bridgehead atoms. The lowest BCUT2D eigenvalue weighted by atomic mass is 10.2. The van der Waals surface area contributed by atoms with Crippen LogP contribution in [-0.2, 0) is 17.8 Å². The Morgan fingerprint density at radius 1 is 1.32 bits per heavy atom. The average molecular weight is 299 g/mol. The van der Waals surface area contributed by atoms with Gasteiger partial charge in [-0.1, -0.05) is 0 Å². The van der Waals surface area contributed by atoms with Crippen molar-refractivity contribution in [2.45, 2.75) is 32.2 Å². The number of nitrogens with one attached hydrogen (secondary N) is 1. The summed E-state index contributed by atoms with van der Waals surface area (Å²) in [7, 11) is 0. The van der Waals surface area contributed by atoms with E-state index in [2.05, 4.69) is 21.3 Å². The normalized spacial score (nSPS) is 14.3. The zero-order valence-corrected chi connectivity index (χ0v) is 12.6. The van der Waals surface area contributed by atoms with Crippen molar-refractivity contribution in [3.63, 3.8) is 0 Å². The summed E-state index contributed by atoms with van der Waals surface area (Å²) in [5.74, 6) is 1.89. The van der Waals surface area contributed by atoms with Crippen LogP contribution in [0.2, 0.25) is 0 Å². The van der Waals surface area contributed by atoms with Gasteiger partial charge in [-0.25, -0.2) is 4.98 Å². The molecule has 22 heavy (non-hydrogen) atoms. The summed E-state index contributed by atoms with van der Waals surface area (Å²) in [4.78, 5) is 18.6. The van der Waals surface area contributed by atoms with E-state index in [1.54, 1.807) is 6.26 Å². The van der Waals surface area contributed by atoms with Crippen LogP contribution in [0.3, 0.4) is 0 Å². The molecule has 0 atom stereocenters. The Morgan fingerprint density at radius 2 is 2.18 bits per heavy atom. The summed E-state index contributed by atoms with van der Waals surface area (Å²) in [5, 5.41) is 2.95. The van der Waals surface area contributed by atoms with Crippen molar-refractivity contribution in [3.05, 3.63) is 48.0 Å². The molecule has 1 N–H and O–H groups in total. The van der Waals surface area contributed by atoms with Crippen LogP contribution in [0.25, 0.3) is 0 Å². The highest BCUT2D eigenvalue weighted by atomic mass is 16.3. The summed E-state index contributed by atoms with van der Waals surface area (Å²) < 4.78 is 5.23. The minimum Gasteiger partial charge on any atom is -0.469 e. The van der Waals surface area contributed by atoms with Crippen molar-refractivity contribution in [2.75, 3.05) is 18.0 Å². The third-order valence-corrected chi connectivity index (χ3v) is 3.91. The van der Waals surface area contributed by atoms with Crippen molar-refractivity contribution in [1.82, 2.24) is 10.3 Å². The highest BCUT2D eigenvalue weighted by Crippen LogP contribution is 2.18. The van der Waals surface area contributed by atoms with E-state index >= 15 is 0 Å². The molecule has 1 saturated heterocycles. The van der Waals surface area contributed by atoms with Gasteiger partial charge in [0, 0.05) is 38.7 Å². The maximum Gasteiger partial charge on any atom is 0.220 e. The molecule has 0 aliphatic carbocycles. The van der Waals surface area contributed by atoms with E-state index in [1.165, 1.54) is 12.8 Å². The van der Waals surface area contributed by atoms with Gasteiger partial charge >= 0.3 is 0 Å². The molecule has 0 spiro atoms. The van der Waals surface area contributed by atoms with Gasteiger partial charge in [0.25, 0.3) is 0 Å². The van der Waals surface area contributed by atoms with Gasteiger partial charge in [0.15, 0.2) is 0 Å². The second kappa shape index (κ2) is 7.11. The van der Waals surface area contributed by atoms with Crippen molar-refractivity contribution < 1.29 is 9.21 Å². The summed E-state index contributed by atoms with van der Waals surface area (Å²) in [6, 6.07) is 7.74. The fourth-order valence-corrected chi connectivity index (χ4v) is 2.67. The number of amides is 1. The van der Waals surface area contributed by atoms with Gasteiger partial charge in [-0.15, -0.1) is 0 Å². The molecule has 1 aliphatic heterocycles. The lowest BCUT2D eigenvalue weighted by molar-refractivity contribution is -0.121. The molecule has 0 saturated carbocycles. The third-order valence-electron chi connectivity index (χ3n) is 3.91. The van der Waals surface area contributed by atoms with E-state index in [4.69, 9.17) is 4.42 Å². The predicted octanol–water partition coefficient (Wildman–Crippen LogP) is 2.52. The number of anilines is 1. The molecular weight excluding hydrogens is 278 g/mol. The van der Waals surface area contributed by atoms with Gasteiger partial charge in [-0.2, -0.15) is 0 Å². The van der Waals surface area contributed by atoms with Crippen LogP contribution in [0.1, 0.15) is 30.6 Å². The van der Waals surface area contributed by atoms with E-state index in [9.17, 15) is 4.79 Å². The van der Waals surface area contributed by atoms with Gasteiger partial charge in [-0.05, 0) is 42.7 Å². The predicted molar refractivity (Wildman–Crippen MR) is 84.6 cm³/mol. The lowest BCUT2D eigenvalue weighted by Crippen LogP contribution is -2.23. The standard InChI is InChI=1S/C17H21N3O2/c21-17(6-5-15-4-3-11-22-15)19-13-14-7-8-18-16(12-14)20-9-1-2-10-20/h3-4,7-8,11-12H,1-2,5-6,9-10,13H2,(H,19,21). The number of rotatable bonds is 6. The topological polar surface area (TPSA) is 58.4 Å². The Kier molecular flexibility index (Phi) is 4.73. The molecule has 3 rings (SSSR count). The molecular formula is C17H21N3O2. The summed E-state index contributed by atoms with van der Waals surface area (Å²) in [6.45, 7) is 2.69. The minimum atomic E-state index is 0.0379. The Morgan fingerprint density at radius 3 is 2.95 bits per heavy atom. The summed E-state index contributed by atoms with van der Waals surface area (Å²) >= 11 is 0. The maximum absolute atomic E-state index is 11.9. The number of furan rings is 1. The Hall–Kier alpha value is -2.30. The van der Waals surface area contributed by atoms with Gasteiger partial charge in [0.05, 0.1) is 6.26 Å². The quantitative estimate of drug-likeness (QED) is 0.890. The monoisotopic (exact) mass is 299 g/mol. The van der Waals surface area contributed by atoms with Gasteiger partial charge in [0.1, 0.15) is 11.6 Å². The molecule has 5 heteroatoms. The van der Waals surface area contributed by atoms with Crippen LogP contribution in [-0.4, -0.2) is 24.0 Å². The summed E-state index contributed by atoms with van der Waals surface area (Å²) in [6.07, 6.45) is 6.98. The van der Waals surface area contributed by atoms with Crippen LogP contribution < -0.4 is 10.2 Å². The zero-order valence-electron chi connectivity index (χ0n) is 12.6. The van der Waals surface area contributed by atoms with Crippen molar-refractivity contribution in [3.8, 4) is 0 Å². The van der Waals surface area contributed by atoms with E-state index in [0.717, 1.165) is 30.2 Å². The Balaban J connectivity index is 1.48. The highest BCUT2D eigenvalue weighted by molar-refractivity contribution is 5.76. The number of carbonyl (C=O) groups excluding carboxylic acids is 1. The molecule has 116 valence electrons. The Labute approximate surface area is 130 Å². The number of aromatic nitrogens is 1. The van der Waals surface area contributed by atoms with E-state index < -0.39 is 0 Å².